The molecule has 0 heterocycles. The molecule has 0 saturated heterocycles. The molecule has 0 aliphatic carbocycles. The molecule has 130 valence electrons. The number of aliphatic carboxylic acids is 1. The number of carboxylic acid groups (broad SMARTS) is 1. The second-order valence-electron chi connectivity index (χ2n) is 5.09. The van der Waals surface area contributed by atoms with Crippen molar-refractivity contribution < 1.29 is 24.5 Å². The van der Waals surface area contributed by atoms with Gasteiger partial charge >= 0.3 is 11.9 Å². The van der Waals surface area contributed by atoms with E-state index in [1.54, 1.807) is 36.4 Å². The van der Waals surface area contributed by atoms with Gasteiger partial charge in [0, 0.05) is 6.42 Å². The van der Waals surface area contributed by atoms with Gasteiger partial charge in [0.15, 0.2) is 0 Å². The van der Waals surface area contributed by atoms with Crippen molar-refractivity contribution in [3.05, 3.63) is 42.0 Å². The van der Waals surface area contributed by atoms with Gasteiger partial charge in [0.1, 0.15) is 5.75 Å². The highest BCUT2D eigenvalue weighted by Gasteiger charge is 2.08. The third-order valence-electron chi connectivity index (χ3n) is 3.33. The van der Waals surface area contributed by atoms with E-state index in [0.29, 0.717) is 18.4 Å². The van der Waals surface area contributed by atoms with Gasteiger partial charge in [-0.25, -0.2) is 4.79 Å². The number of carbonyl (C=O) groups is 2. The number of hydrogen-bond donors (Lipinski definition) is 2. The first-order valence-corrected chi connectivity index (χ1v) is 8.18. The zero-order valence-corrected chi connectivity index (χ0v) is 14.1. The van der Waals surface area contributed by atoms with Crippen molar-refractivity contribution in [2.45, 2.75) is 39.5 Å². The number of ether oxygens (including phenoxy) is 1. The number of rotatable bonds is 7. The summed E-state index contributed by atoms with van der Waals surface area (Å²) in [5.74, 6) is -1.02. The van der Waals surface area contributed by atoms with Crippen molar-refractivity contribution in [1.29, 1.82) is 0 Å². The van der Waals surface area contributed by atoms with E-state index >= 15 is 0 Å². The van der Waals surface area contributed by atoms with E-state index < -0.39 is 11.9 Å². The van der Waals surface area contributed by atoms with Crippen LogP contribution in [0.5, 0.6) is 5.75 Å². The normalized spacial score (nSPS) is 9.92. The number of hydrogen-bond acceptors (Lipinski definition) is 4. The van der Waals surface area contributed by atoms with E-state index in [2.05, 4.69) is 0 Å². The van der Waals surface area contributed by atoms with Gasteiger partial charge in [0.05, 0.1) is 12.2 Å². The van der Waals surface area contributed by atoms with Gasteiger partial charge in [0.2, 0.25) is 0 Å². The molecule has 0 aliphatic rings. The fourth-order valence-electron chi connectivity index (χ4n) is 2.16. The van der Waals surface area contributed by atoms with Crippen LogP contribution in [0.2, 0.25) is 0 Å². The Bertz CT molecular complexity index is 679. The lowest BCUT2D eigenvalue weighted by Crippen LogP contribution is -2.06. The molecule has 2 N–H and O–H groups in total. The molecule has 0 unspecified atom stereocenters. The number of phenols is 1. The van der Waals surface area contributed by atoms with Gasteiger partial charge in [-0.15, -0.1) is 0 Å². The topological polar surface area (TPSA) is 83.8 Å². The first kappa shape index (κ1) is 19.5. The fraction of sp³-hybridized carbons (Fsp3) is 0.368. The van der Waals surface area contributed by atoms with E-state index in [9.17, 15) is 14.7 Å². The van der Waals surface area contributed by atoms with Crippen LogP contribution >= 0.6 is 0 Å². The summed E-state index contributed by atoms with van der Waals surface area (Å²) in [7, 11) is 0. The molecule has 0 bridgehead atoms. The highest BCUT2D eigenvalue weighted by atomic mass is 16.5. The zero-order valence-electron chi connectivity index (χ0n) is 14.1. The lowest BCUT2D eigenvalue weighted by atomic mass is 10.1. The number of esters is 1. The number of carboxylic acids is 1. The summed E-state index contributed by atoms with van der Waals surface area (Å²) in [6, 6.07) is 10.1. The number of aromatic hydroxyl groups is 1. The summed E-state index contributed by atoms with van der Waals surface area (Å²) >= 11 is 0. The number of fused-ring (bicyclic) bond motifs is 1. The minimum atomic E-state index is -0.806. The van der Waals surface area contributed by atoms with Crippen molar-refractivity contribution in [1.82, 2.24) is 0 Å². The fourth-order valence-corrected chi connectivity index (χ4v) is 2.16. The van der Waals surface area contributed by atoms with Crippen molar-refractivity contribution >= 4 is 22.7 Å². The van der Waals surface area contributed by atoms with E-state index in [4.69, 9.17) is 9.84 Å². The van der Waals surface area contributed by atoms with Crippen LogP contribution in [0.25, 0.3) is 10.8 Å². The molecule has 0 amide bonds. The first-order valence-electron chi connectivity index (χ1n) is 8.18. The van der Waals surface area contributed by atoms with Crippen molar-refractivity contribution in [3.63, 3.8) is 0 Å². The van der Waals surface area contributed by atoms with Gasteiger partial charge in [0.25, 0.3) is 0 Å². The minimum Gasteiger partial charge on any atom is -0.508 e. The van der Waals surface area contributed by atoms with Gasteiger partial charge in [-0.3, -0.25) is 4.79 Å². The van der Waals surface area contributed by atoms with Gasteiger partial charge < -0.3 is 14.9 Å². The van der Waals surface area contributed by atoms with Crippen molar-refractivity contribution in [3.8, 4) is 5.75 Å². The molecule has 5 nitrogen and oxygen atoms in total. The number of phenolic OH excluding ortho intramolecular Hbond substituents is 1. The Balaban J connectivity index is 0.00000139. The smallest absolute Gasteiger partial charge is 0.338 e. The third kappa shape index (κ3) is 6.28. The minimum absolute atomic E-state index is 0.144. The van der Waals surface area contributed by atoms with Crippen LogP contribution in [-0.2, 0) is 9.53 Å². The summed E-state index contributed by atoms with van der Waals surface area (Å²) in [5.41, 5.74) is 0.462. The predicted molar refractivity (Wildman–Crippen MR) is 93.3 cm³/mol. The van der Waals surface area contributed by atoms with Crippen LogP contribution in [0.3, 0.4) is 0 Å². The molecule has 2 rings (SSSR count). The van der Waals surface area contributed by atoms with E-state index in [0.717, 1.165) is 17.2 Å². The molecule has 24 heavy (non-hydrogen) atoms. The Hall–Kier alpha value is -2.56. The Kier molecular flexibility index (Phi) is 8.33. The van der Waals surface area contributed by atoms with Crippen LogP contribution in [0.15, 0.2) is 36.4 Å². The van der Waals surface area contributed by atoms with Gasteiger partial charge in [-0.2, -0.15) is 0 Å². The number of benzene rings is 2. The molecule has 0 aliphatic heterocycles. The average Bonchev–Trinajstić information content (AvgIpc) is 2.58. The maximum atomic E-state index is 11.9. The largest absolute Gasteiger partial charge is 0.508 e. The summed E-state index contributed by atoms with van der Waals surface area (Å²) in [6.07, 6.45) is 2.11. The summed E-state index contributed by atoms with van der Waals surface area (Å²) < 4.78 is 5.17. The molecule has 2 aromatic rings. The third-order valence-corrected chi connectivity index (χ3v) is 3.33. The zero-order chi connectivity index (χ0) is 17.9. The molecule has 2 aromatic carbocycles. The molecular formula is C19H24O5. The van der Waals surface area contributed by atoms with Crippen LogP contribution < -0.4 is 0 Å². The standard InChI is InChI=1S/C17H18O5.C2H6/c18-15-8-7-12-10-14(6-5-13(12)11-15)17(21)22-9-3-1-2-4-16(19)20;1-2/h5-8,10-11,18H,1-4,9H2,(H,19,20);1-2H3. The highest BCUT2D eigenvalue weighted by molar-refractivity contribution is 5.95. The molecule has 0 spiro atoms. The van der Waals surface area contributed by atoms with Crippen LogP contribution in [0.4, 0.5) is 0 Å². The van der Waals surface area contributed by atoms with Gasteiger partial charge in [-0.05, 0) is 54.3 Å². The maximum Gasteiger partial charge on any atom is 0.338 e. The summed E-state index contributed by atoms with van der Waals surface area (Å²) in [4.78, 5) is 22.3. The monoisotopic (exact) mass is 332 g/mol. The quantitative estimate of drug-likeness (QED) is 0.581. The van der Waals surface area contributed by atoms with Crippen LogP contribution in [0, 0.1) is 0 Å². The van der Waals surface area contributed by atoms with Crippen molar-refractivity contribution in [2.24, 2.45) is 0 Å². The number of unbranched alkanes of at least 4 members (excludes halogenated alkanes) is 2. The van der Waals surface area contributed by atoms with E-state index in [1.165, 1.54) is 0 Å². The van der Waals surface area contributed by atoms with E-state index in [-0.39, 0.29) is 18.8 Å². The Morgan fingerprint density at radius 3 is 2.33 bits per heavy atom. The molecular weight excluding hydrogens is 308 g/mol. The Morgan fingerprint density at radius 2 is 1.62 bits per heavy atom. The van der Waals surface area contributed by atoms with Gasteiger partial charge in [-0.1, -0.05) is 26.0 Å². The van der Waals surface area contributed by atoms with E-state index in [1.807, 2.05) is 13.8 Å². The second-order valence-corrected chi connectivity index (χ2v) is 5.09. The number of carbonyl (C=O) groups excluding carboxylic acids is 1. The van der Waals surface area contributed by atoms with Crippen LogP contribution in [0.1, 0.15) is 49.9 Å². The highest BCUT2D eigenvalue weighted by Crippen LogP contribution is 2.21. The lowest BCUT2D eigenvalue weighted by molar-refractivity contribution is -0.137. The molecule has 0 saturated carbocycles. The lowest BCUT2D eigenvalue weighted by Gasteiger charge is -2.06. The van der Waals surface area contributed by atoms with Crippen molar-refractivity contribution in [2.75, 3.05) is 6.61 Å². The first-order chi connectivity index (χ1) is 11.6. The second kappa shape index (κ2) is 10.3. The summed E-state index contributed by atoms with van der Waals surface area (Å²) in [5, 5.41) is 19.6. The molecule has 0 radical (unpaired) electrons. The summed E-state index contributed by atoms with van der Waals surface area (Å²) in [6.45, 7) is 4.28. The Morgan fingerprint density at radius 1 is 0.958 bits per heavy atom. The Labute approximate surface area is 141 Å². The molecule has 0 atom stereocenters. The van der Waals surface area contributed by atoms with Crippen LogP contribution in [-0.4, -0.2) is 28.8 Å². The molecule has 0 fully saturated rings. The average molecular weight is 332 g/mol. The maximum absolute atomic E-state index is 11.9. The molecule has 0 aromatic heterocycles. The molecule has 5 heteroatoms. The SMILES string of the molecule is CC.O=C(O)CCCCCOC(=O)c1ccc2cc(O)ccc2c1. The predicted octanol–water partition coefficient (Wildman–Crippen LogP) is 4.37.